The average molecular weight is 173 g/mol. The van der Waals surface area contributed by atoms with Crippen LogP contribution in [-0.4, -0.2) is 36.0 Å². The van der Waals surface area contributed by atoms with Gasteiger partial charge in [-0.05, 0) is 20.8 Å². The van der Waals surface area contributed by atoms with Gasteiger partial charge in [0.05, 0.1) is 6.54 Å². The van der Waals surface area contributed by atoms with Gasteiger partial charge in [0.15, 0.2) is 0 Å². The van der Waals surface area contributed by atoms with E-state index in [1.54, 1.807) is 0 Å². The fourth-order valence-electron chi connectivity index (χ4n) is 1.16. The zero-order valence-electron chi connectivity index (χ0n) is 8.08. The van der Waals surface area contributed by atoms with E-state index in [0.29, 0.717) is 12.6 Å². The summed E-state index contributed by atoms with van der Waals surface area (Å²) in [5.41, 5.74) is 10.6. The molecule has 0 heterocycles. The van der Waals surface area contributed by atoms with Gasteiger partial charge in [0.25, 0.3) is 0 Å². The van der Waals surface area contributed by atoms with Gasteiger partial charge in [0.2, 0.25) is 5.91 Å². The highest BCUT2D eigenvalue weighted by Gasteiger charge is 2.17. The van der Waals surface area contributed by atoms with Crippen LogP contribution in [0.5, 0.6) is 0 Å². The Morgan fingerprint density at radius 2 is 1.92 bits per heavy atom. The van der Waals surface area contributed by atoms with Gasteiger partial charge in [-0.2, -0.15) is 0 Å². The second-order valence-corrected chi connectivity index (χ2v) is 3.32. The summed E-state index contributed by atoms with van der Waals surface area (Å²) in [5, 5.41) is 0. The van der Waals surface area contributed by atoms with Crippen LogP contribution in [0.15, 0.2) is 0 Å². The smallest absolute Gasteiger partial charge is 0.231 e. The quantitative estimate of drug-likeness (QED) is 0.590. The lowest BCUT2D eigenvalue weighted by Crippen LogP contribution is -2.47. The third-order valence-corrected chi connectivity index (χ3v) is 1.91. The van der Waals surface area contributed by atoms with Crippen LogP contribution in [0, 0.1) is 0 Å². The van der Waals surface area contributed by atoms with Crippen molar-refractivity contribution in [2.75, 3.05) is 13.1 Å². The van der Waals surface area contributed by atoms with Crippen LogP contribution in [0.2, 0.25) is 0 Å². The summed E-state index contributed by atoms with van der Waals surface area (Å²) < 4.78 is 0. The minimum atomic E-state index is -0.302. The minimum Gasteiger partial charge on any atom is -0.369 e. The van der Waals surface area contributed by atoms with Gasteiger partial charge in [-0.3, -0.25) is 9.69 Å². The Kier molecular flexibility index (Phi) is 4.85. The number of nitrogens with two attached hydrogens (primary N) is 2. The van der Waals surface area contributed by atoms with Crippen LogP contribution in [0.4, 0.5) is 0 Å². The molecule has 0 rings (SSSR count). The summed E-state index contributed by atoms with van der Waals surface area (Å²) in [6.07, 6.45) is 0. The van der Waals surface area contributed by atoms with Gasteiger partial charge in [0.1, 0.15) is 0 Å². The molecule has 0 saturated heterocycles. The van der Waals surface area contributed by atoms with E-state index in [-0.39, 0.29) is 18.5 Å². The van der Waals surface area contributed by atoms with Crippen molar-refractivity contribution in [3.8, 4) is 0 Å². The summed E-state index contributed by atoms with van der Waals surface area (Å²) in [6, 6.07) is 0.508. The third kappa shape index (κ3) is 3.69. The van der Waals surface area contributed by atoms with Crippen LogP contribution in [0.1, 0.15) is 20.8 Å². The van der Waals surface area contributed by atoms with Crippen molar-refractivity contribution in [1.82, 2.24) is 4.90 Å². The number of primary amides is 1. The first kappa shape index (κ1) is 11.4. The molecule has 72 valence electrons. The monoisotopic (exact) mass is 173 g/mol. The number of rotatable bonds is 5. The normalized spacial score (nSPS) is 13.8. The Morgan fingerprint density at radius 1 is 1.42 bits per heavy atom. The van der Waals surface area contributed by atoms with Gasteiger partial charge in [0, 0.05) is 18.6 Å². The number of carbonyl (C=O) groups is 1. The molecule has 0 saturated carbocycles. The van der Waals surface area contributed by atoms with Crippen molar-refractivity contribution < 1.29 is 4.79 Å². The summed E-state index contributed by atoms with van der Waals surface area (Å²) in [7, 11) is 0. The lowest BCUT2D eigenvalue weighted by Gasteiger charge is -2.30. The fraction of sp³-hybridized carbons (Fsp3) is 0.875. The van der Waals surface area contributed by atoms with E-state index in [0.717, 1.165) is 0 Å². The molecule has 4 heteroatoms. The molecule has 0 aliphatic carbocycles. The van der Waals surface area contributed by atoms with Crippen molar-refractivity contribution in [3.05, 3.63) is 0 Å². The molecule has 12 heavy (non-hydrogen) atoms. The minimum absolute atomic E-state index is 0.206. The summed E-state index contributed by atoms with van der Waals surface area (Å²) in [4.78, 5) is 12.7. The highest BCUT2D eigenvalue weighted by atomic mass is 16.1. The Morgan fingerprint density at radius 3 is 2.17 bits per heavy atom. The lowest BCUT2D eigenvalue weighted by molar-refractivity contribution is -0.120. The van der Waals surface area contributed by atoms with E-state index in [2.05, 4.69) is 0 Å². The first-order valence-electron chi connectivity index (χ1n) is 4.23. The van der Waals surface area contributed by atoms with E-state index < -0.39 is 0 Å². The number of nitrogens with zero attached hydrogens (tertiary/aromatic N) is 1. The maximum absolute atomic E-state index is 10.7. The Balaban J connectivity index is 4.12. The number of carbonyl (C=O) groups excluding carboxylic acids is 1. The molecule has 4 N–H and O–H groups in total. The molecule has 4 nitrogen and oxygen atoms in total. The topological polar surface area (TPSA) is 72.3 Å². The Hall–Kier alpha value is -0.610. The molecule has 0 spiro atoms. The van der Waals surface area contributed by atoms with Crippen molar-refractivity contribution in [2.45, 2.75) is 32.9 Å². The summed E-state index contributed by atoms with van der Waals surface area (Å²) in [5.74, 6) is -0.302. The molecule has 1 atom stereocenters. The maximum atomic E-state index is 10.7. The molecule has 0 radical (unpaired) electrons. The van der Waals surface area contributed by atoms with Crippen LogP contribution in [-0.2, 0) is 4.79 Å². The maximum Gasteiger partial charge on any atom is 0.231 e. The van der Waals surface area contributed by atoms with E-state index in [4.69, 9.17) is 11.5 Å². The fourth-order valence-corrected chi connectivity index (χ4v) is 1.16. The highest BCUT2D eigenvalue weighted by Crippen LogP contribution is 2.02. The number of hydrogen-bond donors (Lipinski definition) is 2. The summed E-state index contributed by atoms with van der Waals surface area (Å²) in [6.45, 7) is 6.87. The molecule has 1 unspecified atom stereocenters. The SMILES string of the molecule is CC(C)N(CC(N)=O)C(C)CN. The molecule has 0 aromatic rings. The van der Waals surface area contributed by atoms with Gasteiger partial charge in [-0.1, -0.05) is 0 Å². The van der Waals surface area contributed by atoms with Crippen LogP contribution in [0.3, 0.4) is 0 Å². The number of hydrogen-bond acceptors (Lipinski definition) is 3. The molecule has 0 bridgehead atoms. The predicted molar refractivity (Wildman–Crippen MR) is 49.6 cm³/mol. The number of amides is 1. The highest BCUT2D eigenvalue weighted by molar-refractivity contribution is 5.76. The predicted octanol–water partition coefficient (Wildman–Crippen LogP) is -0.471. The van der Waals surface area contributed by atoms with Crippen molar-refractivity contribution >= 4 is 5.91 Å². The van der Waals surface area contributed by atoms with Crippen molar-refractivity contribution in [1.29, 1.82) is 0 Å². The van der Waals surface area contributed by atoms with Crippen LogP contribution >= 0.6 is 0 Å². The van der Waals surface area contributed by atoms with Gasteiger partial charge < -0.3 is 11.5 Å². The molecule has 0 aromatic heterocycles. The zero-order chi connectivity index (χ0) is 9.72. The van der Waals surface area contributed by atoms with Gasteiger partial charge in [-0.15, -0.1) is 0 Å². The molecular formula is C8H19N3O. The van der Waals surface area contributed by atoms with Crippen molar-refractivity contribution in [2.24, 2.45) is 11.5 Å². The second-order valence-electron chi connectivity index (χ2n) is 3.32. The van der Waals surface area contributed by atoms with E-state index in [1.165, 1.54) is 0 Å². The first-order valence-corrected chi connectivity index (χ1v) is 4.23. The molecule has 0 aromatic carbocycles. The van der Waals surface area contributed by atoms with Crippen LogP contribution in [0.25, 0.3) is 0 Å². The third-order valence-electron chi connectivity index (χ3n) is 1.91. The van der Waals surface area contributed by atoms with Gasteiger partial charge >= 0.3 is 0 Å². The Labute approximate surface area is 73.9 Å². The molecular weight excluding hydrogens is 154 g/mol. The Bertz CT molecular complexity index is 147. The van der Waals surface area contributed by atoms with E-state index in [1.807, 2.05) is 25.7 Å². The van der Waals surface area contributed by atoms with E-state index >= 15 is 0 Å². The molecule has 0 aliphatic rings. The standard InChI is InChI=1S/C8H19N3O/c1-6(2)11(5-8(10)12)7(3)4-9/h6-7H,4-5,9H2,1-3H3,(H2,10,12). The largest absolute Gasteiger partial charge is 0.369 e. The van der Waals surface area contributed by atoms with Gasteiger partial charge in [-0.25, -0.2) is 0 Å². The summed E-state index contributed by atoms with van der Waals surface area (Å²) >= 11 is 0. The van der Waals surface area contributed by atoms with E-state index in [9.17, 15) is 4.79 Å². The average Bonchev–Trinajstić information content (AvgIpc) is 1.98. The molecule has 0 fully saturated rings. The van der Waals surface area contributed by atoms with Crippen LogP contribution < -0.4 is 11.5 Å². The lowest BCUT2D eigenvalue weighted by atomic mass is 10.2. The molecule has 0 aliphatic heterocycles. The first-order chi connectivity index (χ1) is 5.49. The second kappa shape index (κ2) is 5.11. The zero-order valence-corrected chi connectivity index (χ0v) is 8.08. The van der Waals surface area contributed by atoms with Crippen molar-refractivity contribution in [3.63, 3.8) is 0 Å². The molecule has 1 amide bonds.